The number of benzene rings is 1. The molecule has 20 heavy (non-hydrogen) atoms. The van der Waals surface area contributed by atoms with E-state index in [-0.39, 0.29) is 0 Å². The minimum Gasteiger partial charge on any atom is -0.329 e. The predicted molar refractivity (Wildman–Crippen MR) is 82.5 cm³/mol. The first-order valence-corrected chi connectivity index (χ1v) is 7.69. The standard InChI is InChI=1S/C12H10ClN3O2S2/c13-11-10(16-12(20-11)15-7-18)5-19-9-3-1-8(2-4-9)14-6-17/h1-4,6-7H,5H2,(H,14,17)(H,15,16,18). The second-order valence-corrected chi connectivity index (χ2v) is 6.23. The van der Waals surface area contributed by atoms with E-state index in [0.717, 1.165) is 16.3 Å². The van der Waals surface area contributed by atoms with Crippen molar-refractivity contribution in [2.45, 2.75) is 10.6 Å². The van der Waals surface area contributed by atoms with Crippen molar-refractivity contribution in [2.24, 2.45) is 0 Å². The second-order valence-electron chi connectivity index (χ2n) is 3.58. The average molecular weight is 328 g/mol. The molecule has 8 heteroatoms. The van der Waals surface area contributed by atoms with E-state index in [4.69, 9.17) is 11.6 Å². The Balaban J connectivity index is 1.97. The Kier molecular flexibility index (Phi) is 5.40. The fourth-order valence-corrected chi connectivity index (χ4v) is 3.41. The summed E-state index contributed by atoms with van der Waals surface area (Å²) in [7, 11) is 0. The van der Waals surface area contributed by atoms with Gasteiger partial charge in [-0.1, -0.05) is 22.9 Å². The molecular formula is C12H10ClN3O2S2. The van der Waals surface area contributed by atoms with E-state index in [1.807, 2.05) is 24.3 Å². The molecule has 0 spiro atoms. The van der Waals surface area contributed by atoms with E-state index in [9.17, 15) is 9.59 Å². The first-order valence-electron chi connectivity index (χ1n) is 5.51. The van der Waals surface area contributed by atoms with Crippen LogP contribution in [0.3, 0.4) is 0 Å². The zero-order chi connectivity index (χ0) is 14.4. The summed E-state index contributed by atoms with van der Waals surface area (Å²) in [4.78, 5) is 25.9. The Morgan fingerprint density at radius 3 is 2.55 bits per heavy atom. The molecule has 2 aromatic rings. The molecule has 0 aliphatic rings. The summed E-state index contributed by atoms with van der Waals surface area (Å²) in [6.45, 7) is 0. The number of amides is 2. The third kappa shape index (κ3) is 3.96. The van der Waals surface area contributed by atoms with Gasteiger partial charge in [-0.25, -0.2) is 4.98 Å². The van der Waals surface area contributed by atoms with E-state index in [1.54, 1.807) is 11.8 Å². The van der Waals surface area contributed by atoms with Gasteiger partial charge in [0.2, 0.25) is 12.8 Å². The number of thioether (sulfide) groups is 1. The van der Waals surface area contributed by atoms with Gasteiger partial charge in [0.25, 0.3) is 0 Å². The lowest BCUT2D eigenvalue weighted by Crippen LogP contribution is -1.93. The monoisotopic (exact) mass is 327 g/mol. The highest BCUT2D eigenvalue weighted by molar-refractivity contribution is 7.98. The first kappa shape index (κ1) is 14.8. The summed E-state index contributed by atoms with van der Waals surface area (Å²) in [6.07, 6.45) is 1.21. The zero-order valence-electron chi connectivity index (χ0n) is 10.1. The molecule has 1 aromatic carbocycles. The Bertz CT molecular complexity index is 601. The van der Waals surface area contributed by atoms with Crippen LogP contribution in [0.1, 0.15) is 5.69 Å². The topological polar surface area (TPSA) is 71.1 Å². The van der Waals surface area contributed by atoms with Crippen LogP contribution in [-0.4, -0.2) is 17.8 Å². The van der Waals surface area contributed by atoms with Crippen LogP contribution >= 0.6 is 34.7 Å². The number of nitrogens with zero attached hydrogens (tertiary/aromatic N) is 1. The fourth-order valence-electron chi connectivity index (χ4n) is 1.40. The summed E-state index contributed by atoms with van der Waals surface area (Å²) in [6, 6.07) is 7.44. The minimum atomic E-state index is 0.492. The molecule has 0 aliphatic carbocycles. The number of aromatic nitrogens is 1. The molecule has 5 nitrogen and oxygen atoms in total. The lowest BCUT2D eigenvalue weighted by atomic mass is 10.3. The van der Waals surface area contributed by atoms with Crippen LogP contribution in [0, 0.1) is 0 Å². The fraction of sp³-hybridized carbons (Fsp3) is 0.0833. The summed E-state index contributed by atoms with van der Waals surface area (Å²) in [5.41, 5.74) is 1.48. The second kappa shape index (κ2) is 7.28. The number of thiazole rings is 1. The molecule has 2 rings (SSSR count). The van der Waals surface area contributed by atoms with Crippen LogP contribution in [0.25, 0.3) is 0 Å². The highest BCUT2D eigenvalue weighted by Gasteiger charge is 2.09. The van der Waals surface area contributed by atoms with Crippen LogP contribution < -0.4 is 10.6 Å². The van der Waals surface area contributed by atoms with E-state index in [0.29, 0.717) is 28.0 Å². The third-order valence-electron chi connectivity index (χ3n) is 2.29. The molecular weight excluding hydrogens is 318 g/mol. The number of nitrogens with one attached hydrogen (secondary N) is 2. The molecule has 0 atom stereocenters. The van der Waals surface area contributed by atoms with Crippen molar-refractivity contribution in [1.29, 1.82) is 0 Å². The van der Waals surface area contributed by atoms with E-state index < -0.39 is 0 Å². The minimum absolute atomic E-state index is 0.492. The molecule has 0 saturated heterocycles. The summed E-state index contributed by atoms with van der Waals surface area (Å²) in [5, 5.41) is 5.54. The number of carbonyl (C=O) groups excluding carboxylic acids is 2. The van der Waals surface area contributed by atoms with E-state index in [1.165, 1.54) is 11.3 Å². The summed E-state index contributed by atoms with van der Waals surface area (Å²) < 4.78 is 0.570. The normalized spacial score (nSPS) is 10.1. The van der Waals surface area contributed by atoms with Crippen molar-refractivity contribution in [1.82, 2.24) is 4.98 Å². The number of carbonyl (C=O) groups is 2. The maximum atomic E-state index is 10.3. The van der Waals surface area contributed by atoms with Gasteiger partial charge < -0.3 is 10.6 Å². The largest absolute Gasteiger partial charge is 0.329 e. The molecule has 0 radical (unpaired) electrons. The maximum absolute atomic E-state index is 10.3. The van der Waals surface area contributed by atoms with Crippen molar-refractivity contribution < 1.29 is 9.59 Å². The molecule has 0 fully saturated rings. The molecule has 1 aromatic heterocycles. The highest BCUT2D eigenvalue weighted by Crippen LogP contribution is 2.32. The molecule has 2 N–H and O–H groups in total. The highest BCUT2D eigenvalue weighted by atomic mass is 35.5. The lowest BCUT2D eigenvalue weighted by molar-refractivity contribution is -0.106. The summed E-state index contributed by atoms with van der Waals surface area (Å²) >= 11 is 8.86. The quantitative estimate of drug-likeness (QED) is 0.605. The van der Waals surface area contributed by atoms with Crippen LogP contribution in [0.4, 0.5) is 10.8 Å². The van der Waals surface area contributed by atoms with Gasteiger partial charge in [0, 0.05) is 16.3 Å². The molecule has 0 aliphatic heterocycles. The van der Waals surface area contributed by atoms with Crippen molar-refractivity contribution in [3.05, 3.63) is 34.3 Å². The Morgan fingerprint density at radius 2 is 1.90 bits per heavy atom. The lowest BCUT2D eigenvalue weighted by Gasteiger charge is -2.02. The molecule has 0 unspecified atom stereocenters. The van der Waals surface area contributed by atoms with Crippen molar-refractivity contribution in [2.75, 3.05) is 10.6 Å². The third-order valence-corrected chi connectivity index (χ3v) is 4.58. The van der Waals surface area contributed by atoms with Gasteiger partial charge in [-0.05, 0) is 24.3 Å². The Labute approximate surface area is 128 Å². The van der Waals surface area contributed by atoms with Crippen LogP contribution in [0.5, 0.6) is 0 Å². The molecule has 0 saturated carbocycles. The van der Waals surface area contributed by atoms with Crippen LogP contribution in [0.15, 0.2) is 29.2 Å². The number of hydrogen-bond donors (Lipinski definition) is 2. The summed E-state index contributed by atoms with van der Waals surface area (Å²) in [5.74, 6) is 0.607. The molecule has 2 amide bonds. The van der Waals surface area contributed by atoms with Gasteiger partial charge in [0.05, 0.1) is 5.69 Å². The van der Waals surface area contributed by atoms with Crippen molar-refractivity contribution >= 4 is 58.3 Å². The van der Waals surface area contributed by atoms with Crippen LogP contribution in [-0.2, 0) is 15.3 Å². The first-order chi connectivity index (χ1) is 9.72. The smallest absolute Gasteiger partial charge is 0.213 e. The van der Waals surface area contributed by atoms with Crippen LogP contribution in [0.2, 0.25) is 4.34 Å². The van der Waals surface area contributed by atoms with Gasteiger partial charge in [-0.2, -0.15) is 0 Å². The number of rotatable bonds is 7. The molecule has 1 heterocycles. The SMILES string of the molecule is O=CNc1ccc(SCc2nc(NC=O)sc2Cl)cc1. The average Bonchev–Trinajstić information content (AvgIpc) is 2.79. The maximum Gasteiger partial charge on any atom is 0.213 e. The number of anilines is 2. The predicted octanol–water partition coefficient (Wildman–Crippen LogP) is 3.23. The van der Waals surface area contributed by atoms with E-state index >= 15 is 0 Å². The van der Waals surface area contributed by atoms with Gasteiger partial charge >= 0.3 is 0 Å². The van der Waals surface area contributed by atoms with Crippen molar-refractivity contribution in [3.8, 4) is 0 Å². The number of halogens is 1. The van der Waals surface area contributed by atoms with Gasteiger partial charge in [-0.15, -0.1) is 11.8 Å². The Hall–Kier alpha value is -1.57. The zero-order valence-corrected chi connectivity index (χ0v) is 12.5. The number of hydrogen-bond acceptors (Lipinski definition) is 5. The van der Waals surface area contributed by atoms with Gasteiger partial charge in [0.15, 0.2) is 5.13 Å². The molecule has 0 bridgehead atoms. The Morgan fingerprint density at radius 1 is 1.20 bits per heavy atom. The van der Waals surface area contributed by atoms with Gasteiger partial charge in [-0.3, -0.25) is 9.59 Å². The van der Waals surface area contributed by atoms with Crippen molar-refractivity contribution in [3.63, 3.8) is 0 Å². The molecule has 104 valence electrons. The van der Waals surface area contributed by atoms with Gasteiger partial charge in [0.1, 0.15) is 4.34 Å². The van der Waals surface area contributed by atoms with E-state index in [2.05, 4.69) is 15.6 Å².